The van der Waals surface area contributed by atoms with Gasteiger partial charge in [0.05, 0.1) is 0 Å². The molecule has 1 aliphatic rings. The summed E-state index contributed by atoms with van der Waals surface area (Å²) in [6.45, 7) is 8.89. The van der Waals surface area contributed by atoms with Gasteiger partial charge >= 0.3 is 0 Å². The maximum absolute atomic E-state index is 6.24. The zero-order chi connectivity index (χ0) is 13.9. The van der Waals surface area contributed by atoms with Gasteiger partial charge in [-0.25, -0.2) is 9.97 Å². The van der Waals surface area contributed by atoms with Gasteiger partial charge in [-0.3, -0.25) is 0 Å². The van der Waals surface area contributed by atoms with Crippen LogP contribution in [0.25, 0.3) is 0 Å². The van der Waals surface area contributed by atoms with E-state index in [-0.39, 0.29) is 0 Å². The van der Waals surface area contributed by atoms with Crippen LogP contribution in [-0.4, -0.2) is 33.6 Å². The smallest absolute Gasteiger partial charge is 0.137 e. The Labute approximate surface area is 125 Å². The third-order valence-corrected chi connectivity index (χ3v) is 5.21. The summed E-state index contributed by atoms with van der Waals surface area (Å²) in [6.07, 6.45) is 4.76. The molecular formula is C14H22ClN3S. The molecule has 0 unspecified atom stereocenters. The summed E-state index contributed by atoms with van der Waals surface area (Å²) in [6, 6.07) is 0. The lowest BCUT2D eigenvalue weighted by Crippen LogP contribution is -2.29. The maximum atomic E-state index is 6.24. The fourth-order valence-corrected chi connectivity index (χ4v) is 3.67. The second-order valence-electron chi connectivity index (χ2n) is 5.56. The quantitative estimate of drug-likeness (QED) is 0.794. The Morgan fingerprint density at radius 1 is 1.37 bits per heavy atom. The predicted octanol–water partition coefficient (Wildman–Crippen LogP) is 3.80. The normalized spacial score (nSPS) is 19.3. The second-order valence-corrected chi connectivity index (χ2v) is 7.72. The van der Waals surface area contributed by atoms with Gasteiger partial charge in [-0.2, -0.15) is 11.8 Å². The maximum Gasteiger partial charge on any atom is 0.137 e. The first-order chi connectivity index (χ1) is 9.03. The van der Waals surface area contributed by atoms with Gasteiger partial charge in [0, 0.05) is 29.2 Å². The molecule has 1 aromatic heterocycles. The van der Waals surface area contributed by atoms with Crippen LogP contribution in [0.2, 0.25) is 5.15 Å². The van der Waals surface area contributed by atoms with Gasteiger partial charge in [-0.05, 0) is 12.8 Å². The first-order valence-electron chi connectivity index (χ1n) is 6.92. The number of nitrogens with zero attached hydrogens (tertiary/aromatic N) is 3. The van der Waals surface area contributed by atoms with Crippen molar-refractivity contribution in [1.82, 2.24) is 9.97 Å². The summed E-state index contributed by atoms with van der Waals surface area (Å²) in [5.41, 5.74) is 1.11. The molecule has 0 atom stereocenters. The summed E-state index contributed by atoms with van der Waals surface area (Å²) >= 11 is 8.29. The molecule has 0 amide bonds. The van der Waals surface area contributed by atoms with Crippen molar-refractivity contribution in [3.05, 3.63) is 17.0 Å². The molecule has 1 aliphatic heterocycles. The van der Waals surface area contributed by atoms with Gasteiger partial charge in [-0.15, -0.1) is 0 Å². The Bertz CT molecular complexity index is 437. The monoisotopic (exact) mass is 299 g/mol. The van der Waals surface area contributed by atoms with Crippen LogP contribution in [0.1, 0.15) is 39.2 Å². The van der Waals surface area contributed by atoms with E-state index in [0.717, 1.165) is 43.1 Å². The highest BCUT2D eigenvalue weighted by Crippen LogP contribution is 2.33. The summed E-state index contributed by atoms with van der Waals surface area (Å²) < 4.78 is 0.358. The van der Waals surface area contributed by atoms with E-state index in [1.165, 1.54) is 6.42 Å². The summed E-state index contributed by atoms with van der Waals surface area (Å²) in [7, 11) is 0. The number of hydrogen-bond donors (Lipinski definition) is 0. The van der Waals surface area contributed by atoms with Crippen molar-refractivity contribution in [3.8, 4) is 0 Å². The van der Waals surface area contributed by atoms with Crippen LogP contribution >= 0.6 is 23.4 Å². The average molecular weight is 300 g/mol. The first kappa shape index (κ1) is 14.9. The minimum absolute atomic E-state index is 0.358. The number of rotatable bonds is 3. The van der Waals surface area contributed by atoms with Crippen LogP contribution in [0, 0.1) is 0 Å². The van der Waals surface area contributed by atoms with E-state index in [1.54, 1.807) is 6.33 Å². The van der Waals surface area contributed by atoms with Gasteiger partial charge in [0.15, 0.2) is 0 Å². The van der Waals surface area contributed by atoms with Gasteiger partial charge < -0.3 is 4.90 Å². The van der Waals surface area contributed by atoms with Crippen molar-refractivity contribution in [2.75, 3.05) is 23.7 Å². The molecule has 1 aromatic rings. The van der Waals surface area contributed by atoms with Crippen LogP contribution in [0.4, 0.5) is 5.82 Å². The molecular weight excluding hydrogens is 278 g/mol. The van der Waals surface area contributed by atoms with Crippen LogP contribution in [0.15, 0.2) is 6.33 Å². The molecule has 0 aliphatic carbocycles. The molecule has 106 valence electrons. The minimum Gasteiger partial charge on any atom is -0.355 e. The summed E-state index contributed by atoms with van der Waals surface area (Å²) in [4.78, 5) is 11.0. The van der Waals surface area contributed by atoms with E-state index in [0.29, 0.717) is 9.90 Å². The van der Waals surface area contributed by atoms with E-state index in [1.807, 2.05) is 11.8 Å². The average Bonchev–Trinajstić information content (AvgIpc) is 2.53. The minimum atomic E-state index is 0.358. The highest BCUT2D eigenvalue weighted by atomic mass is 35.5. The lowest BCUT2D eigenvalue weighted by Gasteiger charge is -2.25. The topological polar surface area (TPSA) is 29.0 Å². The van der Waals surface area contributed by atoms with E-state index in [2.05, 4.69) is 35.6 Å². The standard InChI is InChI=1S/C14H22ClN3S/c1-4-5-11-12(15)16-10-17-13(11)18-7-6-14(2,3)19-9-8-18/h10H,4-9H2,1-3H3. The zero-order valence-corrected chi connectivity index (χ0v) is 13.5. The molecule has 1 saturated heterocycles. The zero-order valence-electron chi connectivity index (χ0n) is 11.9. The Kier molecular flexibility index (Phi) is 4.96. The number of thioether (sulfide) groups is 1. The molecule has 0 spiro atoms. The van der Waals surface area contributed by atoms with Crippen molar-refractivity contribution in [1.29, 1.82) is 0 Å². The van der Waals surface area contributed by atoms with Crippen LogP contribution < -0.4 is 4.90 Å². The summed E-state index contributed by atoms with van der Waals surface area (Å²) in [5, 5.41) is 0.614. The second kappa shape index (κ2) is 6.31. The molecule has 3 nitrogen and oxygen atoms in total. The van der Waals surface area contributed by atoms with Crippen molar-refractivity contribution in [3.63, 3.8) is 0 Å². The van der Waals surface area contributed by atoms with E-state index in [4.69, 9.17) is 11.6 Å². The number of halogens is 1. The SMILES string of the molecule is CCCc1c(Cl)ncnc1N1CCSC(C)(C)CC1. The largest absolute Gasteiger partial charge is 0.355 e. The van der Waals surface area contributed by atoms with Crippen LogP contribution in [0.5, 0.6) is 0 Å². The van der Waals surface area contributed by atoms with E-state index < -0.39 is 0 Å². The number of anilines is 1. The lowest BCUT2D eigenvalue weighted by atomic mass is 10.1. The molecule has 0 N–H and O–H groups in total. The molecule has 5 heteroatoms. The Morgan fingerprint density at radius 2 is 2.16 bits per heavy atom. The lowest BCUT2D eigenvalue weighted by molar-refractivity contribution is 0.633. The van der Waals surface area contributed by atoms with Gasteiger partial charge in [-0.1, -0.05) is 38.8 Å². The molecule has 19 heavy (non-hydrogen) atoms. The molecule has 0 aromatic carbocycles. The van der Waals surface area contributed by atoms with Crippen LogP contribution in [-0.2, 0) is 6.42 Å². The van der Waals surface area contributed by atoms with Crippen molar-refractivity contribution in [2.24, 2.45) is 0 Å². The fourth-order valence-electron chi connectivity index (χ4n) is 2.35. The molecule has 1 fully saturated rings. The van der Waals surface area contributed by atoms with Gasteiger partial charge in [0.1, 0.15) is 17.3 Å². The third-order valence-electron chi connectivity index (χ3n) is 3.51. The van der Waals surface area contributed by atoms with E-state index >= 15 is 0 Å². The summed E-state index contributed by atoms with van der Waals surface area (Å²) in [5.74, 6) is 2.18. The fraction of sp³-hybridized carbons (Fsp3) is 0.714. The highest BCUT2D eigenvalue weighted by Gasteiger charge is 2.25. The van der Waals surface area contributed by atoms with Crippen LogP contribution in [0.3, 0.4) is 0 Å². The van der Waals surface area contributed by atoms with E-state index in [9.17, 15) is 0 Å². The number of hydrogen-bond acceptors (Lipinski definition) is 4. The predicted molar refractivity (Wildman–Crippen MR) is 84.4 cm³/mol. The van der Waals surface area contributed by atoms with Crippen molar-refractivity contribution < 1.29 is 0 Å². The molecule has 2 rings (SSSR count). The van der Waals surface area contributed by atoms with Crippen molar-refractivity contribution >= 4 is 29.2 Å². The Hall–Kier alpha value is -0.480. The Balaban J connectivity index is 2.23. The molecule has 0 radical (unpaired) electrons. The molecule has 0 saturated carbocycles. The Morgan fingerprint density at radius 3 is 2.89 bits per heavy atom. The third kappa shape index (κ3) is 3.76. The molecule has 2 heterocycles. The molecule has 0 bridgehead atoms. The first-order valence-corrected chi connectivity index (χ1v) is 8.28. The van der Waals surface area contributed by atoms with Crippen molar-refractivity contribution in [2.45, 2.75) is 44.8 Å². The van der Waals surface area contributed by atoms with Gasteiger partial charge in [0.2, 0.25) is 0 Å². The number of aromatic nitrogens is 2. The van der Waals surface area contributed by atoms with Gasteiger partial charge in [0.25, 0.3) is 0 Å². The highest BCUT2D eigenvalue weighted by molar-refractivity contribution is 8.00.